The first-order valence-electron chi connectivity index (χ1n) is 2.92. The van der Waals surface area contributed by atoms with E-state index in [-0.39, 0.29) is 11.3 Å². The van der Waals surface area contributed by atoms with Crippen LogP contribution in [0.5, 0.6) is 0 Å². The average Bonchev–Trinajstić information content (AvgIpc) is 2.10. The molecule has 0 radical (unpaired) electrons. The molecule has 0 unspecified atom stereocenters. The molecule has 0 fully saturated rings. The Labute approximate surface area is 63.4 Å². The number of amides is 1. The van der Waals surface area contributed by atoms with Gasteiger partial charge in [0.05, 0.1) is 0 Å². The lowest BCUT2D eigenvalue weighted by Crippen LogP contribution is -2.26. The molecule has 0 saturated heterocycles. The Morgan fingerprint density at radius 3 is 2.70 bits per heavy atom. The molecule has 2 N–H and O–H groups in total. The van der Waals surface area contributed by atoms with Gasteiger partial charge >= 0.3 is 0 Å². The van der Waals surface area contributed by atoms with Gasteiger partial charge in [0.1, 0.15) is 5.37 Å². The maximum Gasteiger partial charge on any atom is 0.240 e. The smallest absolute Gasteiger partial charge is 0.240 e. The van der Waals surface area contributed by atoms with E-state index in [2.05, 4.69) is 5.10 Å². The fourth-order valence-corrected chi connectivity index (χ4v) is 1.54. The van der Waals surface area contributed by atoms with Gasteiger partial charge in [-0.15, -0.1) is 5.10 Å². The maximum atomic E-state index is 10.8. The van der Waals surface area contributed by atoms with Crippen LogP contribution in [0.4, 0.5) is 0 Å². The molecule has 0 saturated carbocycles. The average molecular weight is 159 g/mol. The monoisotopic (exact) mass is 159 g/mol. The molecule has 1 aliphatic rings. The fraction of sp³-hybridized carbons (Fsp3) is 0.600. The van der Waals surface area contributed by atoms with Crippen molar-refractivity contribution in [2.24, 2.45) is 10.8 Å². The van der Waals surface area contributed by atoms with Gasteiger partial charge in [0.2, 0.25) is 5.91 Å². The third-order valence-corrected chi connectivity index (χ3v) is 2.03. The summed E-state index contributed by atoms with van der Waals surface area (Å²) in [6.45, 7) is 3.36. The van der Waals surface area contributed by atoms with E-state index in [0.717, 1.165) is 0 Å². The molecule has 0 bridgehead atoms. The minimum atomic E-state index is -0.0690. The zero-order valence-corrected chi connectivity index (χ0v) is 6.68. The van der Waals surface area contributed by atoms with Gasteiger partial charge in [-0.05, 0) is 6.92 Å². The molecule has 0 aromatic carbocycles. The van der Waals surface area contributed by atoms with Gasteiger partial charge in [-0.25, -0.2) is 5.01 Å². The topological polar surface area (TPSA) is 58.7 Å². The van der Waals surface area contributed by atoms with Crippen molar-refractivity contribution in [1.82, 2.24) is 5.01 Å². The van der Waals surface area contributed by atoms with E-state index in [1.54, 1.807) is 0 Å². The predicted octanol–water partition coefficient (Wildman–Crippen LogP) is 0.157. The van der Waals surface area contributed by atoms with Crippen LogP contribution in [0.25, 0.3) is 0 Å². The molecule has 4 nitrogen and oxygen atoms in total. The quantitative estimate of drug-likeness (QED) is 0.547. The lowest BCUT2D eigenvalue weighted by atomic mass is 10.6. The number of nitrogens with zero attached hydrogens (tertiary/aromatic N) is 2. The lowest BCUT2D eigenvalue weighted by molar-refractivity contribution is -0.129. The summed E-state index contributed by atoms with van der Waals surface area (Å²) in [6, 6.07) is 0. The summed E-state index contributed by atoms with van der Waals surface area (Å²) in [5.41, 5.74) is 5.37. The minimum absolute atomic E-state index is 0.0532. The number of amidine groups is 1. The Bertz CT molecular complexity index is 191. The van der Waals surface area contributed by atoms with Crippen molar-refractivity contribution in [3.63, 3.8) is 0 Å². The van der Waals surface area contributed by atoms with Crippen LogP contribution in [-0.4, -0.2) is 21.5 Å². The molecule has 5 heteroatoms. The summed E-state index contributed by atoms with van der Waals surface area (Å²) in [6.07, 6.45) is 0. The van der Waals surface area contributed by atoms with Crippen LogP contribution in [0.3, 0.4) is 0 Å². The highest BCUT2D eigenvalue weighted by molar-refractivity contribution is 8.14. The first-order chi connectivity index (χ1) is 4.61. The Morgan fingerprint density at radius 1 is 1.90 bits per heavy atom. The predicted molar refractivity (Wildman–Crippen MR) is 41.2 cm³/mol. The molecule has 0 aromatic rings. The van der Waals surface area contributed by atoms with Crippen molar-refractivity contribution < 1.29 is 4.79 Å². The van der Waals surface area contributed by atoms with Gasteiger partial charge in [-0.3, -0.25) is 4.79 Å². The SMILES string of the molecule is CC(=O)N1N=C(N)S[C@H]1C. The number of hydrogen-bond acceptors (Lipinski definition) is 4. The second-order valence-corrected chi connectivity index (χ2v) is 3.36. The highest BCUT2D eigenvalue weighted by Gasteiger charge is 2.24. The highest BCUT2D eigenvalue weighted by Crippen LogP contribution is 2.22. The summed E-state index contributed by atoms with van der Waals surface area (Å²) < 4.78 is 0. The molecule has 10 heavy (non-hydrogen) atoms. The fourth-order valence-electron chi connectivity index (χ4n) is 0.762. The van der Waals surface area contributed by atoms with Crippen LogP contribution < -0.4 is 5.73 Å². The van der Waals surface area contributed by atoms with Gasteiger partial charge < -0.3 is 5.73 Å². The largest absolute Gasteiger partial charge is 0.377 e. The van der Waals surface area contributed by atoms with Crippen LogP contribution in [0.2, 0.25) is 0 Å². The van der Waals surface area contributed by atoms with E-state index in [4.69, 9.17) is 5.73 Å². The normalized spacial score (nSPS) is 24.8. The number of nitrogens with two attached hydrogens (primary N) is 1. The number of rotatable bonds is 0. The molecular formula is C5H9N3OS. The summed E-state index contributed by atoms with van der Waals surface area (Å²) in [5.74, 6) is -0.0690. The van der Waals surface area contributed by atoms with E-state index >= 15 is 0 Å². The van der Waals surface area contributed by atoms with E-state index in [0.29, 0.717) is 5.17 Å². The minimum Gasteiger partial charge on any atom is -0.377 e. The van der Waals surface area contributed by atoms with E-state index in [9.17, 15) is 4.79 Å². The van der Waals surface area contributed by atoms with Gasteiger partial charge in [0.25, 0.3) is 0 Å². The molecule has 1 rings (SSSR count). The van der Waals surface area contributed by atoms with Crippen LogP contribution >= 0.6 is 11.8 Å². The molecule has 0 aromatic heterocycles. The van der Waals surface area contributed by atoms with E-state index in [1.807, 2.05) is 6.92 Å². The molecule has 1 heterocycles. The van der Waals surface area contributed by atoms with Crippen LogP contribution in [0, 0.1) is 0 Å². The third kappa shape index (κ3) is 1.23. The van der Waals surface area contributed by atoms with Crippen molar-refractivity contribution in [3.05, 3.63) is 0 Å². The molecule has 1 amide bonds. The van der Waals surface area contributed by atoms with Crippen molar-refractivity contribution in [3.8, 4) is 0 Å². The first-order valence-corrected chi connectivity index (χ1v) is 3.80. The molecule has 0 spiro atoms. The van der Waals surface area contributed by atoms with Gasteiger partial charge in [0, 0.05) is 6.92 Å². The number of hydrogen-bond donors (Lipinski definition) is 1. The van der Waals surface area contributed by atoms with Crippen LogP contribution in [-0.2, 0) is 4.79 Å². The lowest BCUT2D eigenvalue weighted by Gasteiger charge is -2.12. The van der Waals surface area contributed by atoms with Gasteiger partial charge in [0.15, 0.2) is 5.17 Å². The van der Waals surface area contributed by atoms with E-state index in [1.165, 1.54) is 23.7 Å². The van der Waals surface area contributed by atoms with Crippen molar-refractivity contribution in [1.29, 1.82) is 0 Å². The van der Waals surface area contributed by atoms with Crippen molar-refractivity contribution in [2.45, 2.75) is 19.2 Å². The number of carbonyl (C=O) groups is 1. The molecule has 1 atom stereocenters. The van der Waals surface area contributed by atoms with Crippen molar-refractivity contribution >= 4 is 22.8 Å². The number of hydrazone groups is 1. The molecule has 56 valence electrons. The maximum absolute atomic E-state index is 10.8. The number of carbonyl (C=O) groups excluding carboxylic acids is 1. The van der Waals surface area contributed by atoms with Gasteiger partial charge in [-0.2, -0.15) is 0 Å². The van der Waals surface area contributed by atoms with Crippen molar-refractivity contribution in [2.75, 3.05) is 0 Å². The first kappa shape index (κ1) is 7.40. The zero-order chi connectivity index (χ0) is 7.72. The molecule has 1 aliphatic heterocycles. The Balaban J connectivity index is 2.69. The summed E-state index contributed by atoms with van der Waals surface area (Å²) in [7, 11) is 0. The second-order valence-electron chi connectivity index (χ2n) is 2.02. The molecular weight excluding hydrogens is 150 g/mol. The highest BCUT2D eigenvalue weighted by atomic mass is 32.2. The summed E-state index contributed by atoms with van der Waals surface area (Å²) in [4.78, 5) is 10.8. The Hall–Kier alpha value is -0.710. The number of thioether (sulfide) groups is 1. The van der Waals surface area contributed by atoms with Crippen LogP contribution in [0.15, 0.2) is 5.10 Å². The van der Waals surface area contributed by atoms with Crippen LogP contribution in [0.1, 0.15) is 13.8 Å². The zero-order valence-electron chi connectivity index (χ0n) is 5.87. The summed E-state index contributed by atoms with van der Waals surface area (Å²) >= 11 is 1.39. The Kier molecular flexibility index (Phi) is 1.85. The Morgan fingerprint density at radius 2 is 2.50 bits per heavy atom. The third-order valence-electron chi connectivity index (χ3n) is 1.16. The standard InChI is InChI=1S/C5H9N3OS/c1-3(9)8-4(2)10-5(6)7-8/h4H,1-2H3,(H2,6,7)/t4-/m0/s1. The van der Waals surface area contributed by atoms with E-state index < -0.39 is 0 Å². The second kappa shape index (κ2) is 2.49. The molecule has 0 aliphatic carbocycles. The van der Waals surface area contributed by atoms with Gasteiger partial charge in [-0.1, -0.05) is 11.8 Å². The summed E-state index contributed by atoms with van der Waals surface area (Å²) in [5, 5.41) is 5.70.